The Labute approximate surface area is 218 Å². The van der Waals surface area contributed by atoms with Crippen molar-refractivity contribution in [2.24, 2.45) is 0 Å². The second kappa shape index (κ2) is 10.4. The number of aryl methyl sites for hydroxylation is 1. The highest BCUT2D eigenvalue weighted by Crippen LogP contribution is 2.34. The van der Waals surface area contributed by atoms with Crippen LogP contribution in [-0.2, 0) is 10.0 Å². The number of carbonyl (C=O) groups is 1. The van der Waals surface area contributed by atoms with Gasteiger partial charge in [0.2, 0.25) is 10.0 Å². The van der Waals surface area contributed by atoms with E-state index in [4.69, 9.17) is 9.15 Å². The molecule has 198 valence electrons. The number of hydrogen-bond acceptors (Lipinski definition) is 7. The topological polar surface area (TPSA) is 95.3 Å². The van der Waals surface area contributed by atoms with Crippen molar-refractivity contribution in [1.82, 2.24) is 9.21 Å². The van der Waals surface area contributed by atoms with E-state index in [2.05, 4.69) is 22.2 Å². The van der Waals surface area contributed by atoms with Crippen molar-refractivity contribution in [2.75, 3.05) is 63.6 Å². The van der Waals surface area contributed by atoms with Crippen LogP contribution in [-0.4, -0.2) is 77.0 Å². The predicted octanol–water partition coefficient (Wildman–Crippen LogP) is 3.93. The highest BCUT2D eigenvalue weighted by Gasteiger charge is 2.28. The number of hydrogen-bond donors (Lipinski definition) is 1. The first-order chi connectivity index (χ1) is 17.8. The van der Waals surface area contributed by atoms with Crippen molar-refractivity contribution in [2.45, 2.75) is 31.1 Å². The molecule has 9 nitrogen and oxygen atoms in total. The number of ether oxygens (including phenoxy) is 1. The Balaban J connectivity index is 1.51. The zero-order valence-electron chi connectivity index (χ0n) is 21.6. The van der Waals surface area contributed by atoms with Gasteiger partial charge in [0.25, 0.3) is 5.91 Å². The van der Waals surface area contributed by atoms with Gasteiger partial charge in [0.1, 0.15) is 11.3 Å². The molecule has 2 saturated heterocycles. The summed E-state index contributed by atoms with van der Waals surface area (Å²) in [6.07, 6.45) is 2.76. The summed E-state index contributed by atoms with van der Waals surface area (Å²) in [5.74, 6) is 0.448. The van der Waals surface area contributed by atoms with Gasteiger partial charge in [0.05, 0.1) is 23.4 Å². The van der Waals surface area contributed by atoms with Crippen molar-refractivity contribution in [3.8, 4) is 5.75 Å². The van der Waals surface area contributed by atoms with Crippen LogP contribution in [0.5, 0.6) is 5.75 Å². The van der Waals surface area contributed by atoms with E-state index in [-0.39, 0.29) is 10.7 Å². The molecule has 0 radical (unpaired) electrons. The number of amides is 1. The van der Waals surface area contributed by atoms with Gasteiger partial charge in [-0.2, -0.15) is 4.31 Å². The molecule has 0 bridgehead atoms. The zero-order chi connectivity index (χ0) is 26.2. The van der Waals surface area contributed by atoms with E-state index in [9.17, 15) is 13.2 Å². The SMILES string of the molecule is COc1ccc2oc(C(=O)Nc3cc(S(=O)(=O)N4CCCCC4)ccc3N3CCN(C)CC3)c(C)c2c1. The van der Waals surface area contributed by atoms with E-state index < -0.39 is 15.9 Å². The van der Waals surface area contributed by atoms with E-state index in [1.54, 1.807) is 35.7 Å². The van der Waals surface area contributed by atoms with Crippen molar-refractivity contribution < 1.29 is 22.4 Å². The summed E-state index contributed by atoms with van der Waals surface area (Å²) in [5.41, 5.74) is 2.55. The number of piperazine rings is 1. The Morgan fingerprint density at radius 1 is 0.973 bits per heavy atom. The number of piperidine rings is 1. The Hall–Kier alpha value is -3.08. The zero-order valence-corrected chi connectivity index (χ0v) is 22.4. The Bertz CT molecular complexity index is 1400. The molecule has 2 fully saturated rings. The number of fused-ring (bicyclic) bond motifs is 1. The minimum Gasteiger partial charge on any atom is -0.497 e. The van der Waals surface area contributed by atoms with Gasteiger partial charge in [0.15, 0.2) is 5.76 Å². The quantitative estimate of drug-likeness (QED) is 0.520. The molecule has 0 saturated carbocycles. The van der Waals surface area contributed by atoms with Gasteiger partial charge in [0, 0.05) is 50.2 Å². The lowest BCUT2D eigenvalue weighted by molar-refractivity contribution is 0.0998. The molecule has 5 rings (SSSR count). The maximum Gasteiger partial charge on any atom is 0.291 e. The maximum absolute atomic E-state index is 13.5. The van der Waals surface area contributed by atoms with Gasteiger partial charge >= 0.3 is 0 Å². The second-order valence-electron chi connectivity index (χ2n) is 9.81. The summed E-state index contributed by atoms with van der Waals surface area (Å²) < 4.78 is 39.6. The van der Waals surface area contributed by atoms with Crippen molar-refractivity contribution in [3.63, 3.8) is 0 Å². The van der Waals surface area contributed by atoms with Crippen LogP contribution in [0.4, 0.5) is 11.4 Å². The molecule has 37 heavy (non-hydrogen) atoms. The molecule has 0 unspecified atom stereocenters. The molecular formula is C27H34N4O5S. The molecule has 0 atom stereocenters. The summed E-state index contributed by atoms with van der Waals surface area (Å²) in [5, 5.41) is 3.78. The minimum atomic E-state index is -3.66. The Morgan fingerprint density at radius 3 is 2.41 bits per heavy atom. The van der Waals surface area contributed by atoms with Crippen molar-refractivity contribution in [3.05, 3.63) is 47.7 Å². The Morgan fingerprint density at radius 2 is 1.70 bits per heavy atom. The average Bonchev–Trinajstić information content (AvgIpc) is 3.25. The second-order valence-corrected chi connectivity index (χ2v) is 11.7. The van der Waals surface area contributed by atoms with Crippen LogP contribution in [0.2, 0.25) is 0 Å². The smallest absolute Gasteiger partial charge is 0.291 e. The number of carbonyl (C=O) groups excluding carboxylic acids is 1. The van der Waals surface area contributed by atoms with Crippen LogP contribution in [0.3, 0.4) is 0 Å². The number of nitrogens with zero attached hydrogens (tertiary/aromatic N) is 3. The molecule has 1 aromatic heterocycles. The van der Waals surface area contributed by atoms with Crippen LogP contribution in [0, 0.1) is 6.92 Å². The van der Waals surface area contributed by atoms with Crippen molar-refractivity contribution in [1.29, 1.82) is 0 Å². The summed E-state index contributed by atoms with van der Waals surface area (Å²) in [4.78, 5) is 18.1. The fourth-order valence-corrected chi connectivity index (χ4v) is 6.62. The molecule has 2 aliphatic rings. The van der Waals surface area contributed by atoms with Gasteiger partial charge in [-0.25, -0.2) is 8.42 Å². The van der Waals surface area contributed by atoms with Crippen LogP contribution in [0.1, 0.15) is 35.4 Å². The van der Waals surface area contributed by atoms with Gasteiger partial charge < -0.3 is 24.3 Å². The van der Waals surface area contributed by atoms with Crippen molar-refractivity contribution >= 4 is 38.3 Å². The lowest BCUT2D eigenvalue weighted by Gasteiger charge is -2.35. The van der Waals surface area contributed by atoms with Crippen LogP contribution >= 0.6 is 0 Å². The molecular weight excluding hydrogens is 492 g/mol. The monoisotopic (exact) mass is 526 g/mol. The third kappa shape index (κ3) is 5.05. The first-order valence-electron chi connectivity index (χ1n) is 12.7. The summed E-state index contributed by atoms with van der Waals surface area (Å²) in [7, 11) is 0.00968. The van der Waals surface area contributed by atoms with Crippen LogP contribution in [0.15, 0.2) is 45.7 Å². The number of anilines is 2. The number of furan rings is 1. The average molecular weight is 527 g/mol. The summed E-state index contributed by atoms with van der Waals surface area (Å²) in [6.45, 7) is 6.19. The number of methoxy groups -OCH3 is 1. The molecule has 0 spiro atoms. The Kier molecular flexibility index (Phi) is 7.15. The first kappa shape index (κ1) is 25.6. The molecule has 2 aromatic carbocycles. The molecule has 0 aliphatic carbocycles. The van der Waals surface area contributed by atoms with Gasteiger partial charge in [-0.05, 0) is 63.2 Å². The van der Waals surface area contributed by atoms with Crippen LogP contribution < -0.4 is 15.0 Å². The molecule has 3 aromatic rings. The van der Waals surface area contributed by atoms with Crippen LogP contribution in [0.25, 0.3) is 11.0 Å². The van der Waals surface area contributed by atoms with Gasteiger partial charge in [-0.3, -0.25) is 4.79 Å². The lowest BCUT2D eigenvalue weighted by atomic mass is 10.1. The third-order valence-electron chi connectivity index (χ3n) is 7.36. The largest absolute Gasteiger partial charge is 0.497 e. The normalized spacial score (nSPS) is 17.8. The van der Waals surface area contributed by atoms with E-state index >= 15 is 0 Å². The molecule has 2 aliphatic heterocycles. The number of sulfonamides is 1. The van der Waals surface area contributed by atoms with Gasteiger partial charge in [-0.1, -0.05) is 6.42 Å². The lowest BCUT2D eigenvalue weighted by Crippen LogP contribution is -2.44. The van der Waals surface area contributed by atoms with E-state index in [1.165, 1.54) is 0 Å². The fraction of sp³-hybridized carbons (Fsp3) is 0.444. The summed E-state index contributed by atoms with van der Waals surface area (Å²) >= 11 is 0. The summed E-state index contributed by atoms with van der Waals surface area (Å²) in [6, 6.07) is 10.5. The van der Waals surface area contributed by atoms with E-state index in [1.807, 2.05) is 19.1 Å². The molecule has 1 N–H and O–H groups in total. The van der Waals surface area contributed by atoms with E-state index in [0.717, 1.165) is 56.5 Å². The third-order valence-corrected chi connectivity index (χ3v) is 9.26. The highest BCUT2D eigenvalue weighted by atomic mass is 32.2. The number of rotatable bonds is 6. The molecule has 10 heteroatoms. The highest BCUT2D eigenvalue weighted by molar-refractivity contribution is 7.89. The van der Waals surface area contributed by atoms with Gasteiger partial charge in [-0.15, -0.1) is 0 Å². The maximum atomic E-state index is 13.5. The molecule has 1 amide bonds. The standard InChI is InChI=1S/C27H34N4O5S/c1-19-22-17-20(35-3)7-10-25(22)36-26(19)27(32)28-23-18-21(37(33,34)31-11-5-4-6-12-31)8-9-24(23)30-15-13-29(2)14-16-30/h7-10,17-18H,4-6,11-16H2,1-3H3,(H,28,32). The molecule has 3 heterocycles. The predicted molar refractivity (Wildman–Crippen MR) is 144 cm³/mol. The fourth-order valence-electron chi connectivity index (χ4n) is 5.08. The number of likely N-dealkylation sites (N-methyl/N-ethyl adjacent to an activating group) is 1. The minimum absolute atomic E-state index is 0.189. The number of benzene rings is 2. The number of nitrogens with one attached hydrogen (secondary N) is 1. The van der Waals surface area contributed by atoms with E-state index in [0.29, 0.717) is 35.7 Å². The first-order valence-corrected chi connectivity index (χ1v) is 14.2.